The van der Waals surface area contributed by atoms with Crippen molar-refractivity contribution in [3.05, 3.63) is 0 Å². The van der Waals surface area contributed by atoms with Crippen molar-refractivity contribution in [1.82, 2.24) is 0 Å². The summed E-state index contributed by atoms with van der Waals surface area (Å²) in [5.74, 6) is 2.61. The Morgan fingerprint density at radius 1 is 1.00 bits per heavy atom. The van der Waals surface area contributed by atoms with Gasteiger partial charge < -0.3 is 0 Å². The molecule has 0 aliphatic carbocycles. The fourth-order valence-electron chi connectivity index (χ4n) is 2.70. The maximum absolute atomic E-state index is 2.44. The summed E-state index contributed by atoms with van der Waals surface area (Å²) in [5.41, 5.74) is 0.529. The lowest BCUT2D eigenvalue weighted by atomic mass is 9.73. The summed E-state index contributed by atoms with van der Waals surface area (Å²) in [6.07, 6.45) is 4.00. The molecule has 0 fully saturated rings. The summed E-state index contributed by atoms with van der Waals surface area (Å²) < 4.78 is 0. The smallest absolute Gasteiger partial charge is 0.0354 e. The van der Waals surface area contributed by atoms with Crippen molar-refractivity contribution in [3.8, 4) is 0 Å². The maximum Gasteiger partial charge on any atom is -0.0354 e. The van der Waals surface area contributed by atoms with Crippen LogP contribution in [0.3, 0.4) is 0 Å². The Hall–Kier alpha value is 0. The highest BCUT2D eigenvalue weighted by Gasteiger charge is 2.25. The Morgan fingerprint density at radius 2 is 1.50 bits per heavy atom. The van der Waals surface area contributed by atoms with Crippen molar-refractivity contribution in [1.29, 1.82) is 0 Å². The van der Waals surface area contributed by atoms with E-state index in [9.17, 15) is 0 Å². The Balaban J connectivity index is 4.23. The number of rotatable bonds is 6. The van der Waals surface area contributed by atoms with E-state index in [1.54, 1.807) is 0 Å². The highest BCUT2D eigenvalue weighted by molar-refractivity contribution is 4.75. The summed E-state index contributed by atoms with van der Waals surface area (Å²) in [4.78, 5) is 0. The number of hydrogen-bond acceptors (Lipinski definition) is 0. The van der Waals surface area contributed by atoms with Crippen molar-refractivity contribution < 1.29 is 0 Å². The molecule has 0 rings (SSSR count). The quantitative estimate of drug-likeness (QED) is 0.555. The first kappa shape index (κ1) is 14.0. The van der Waals surface area contributed by atoms with Crippen LogP contribution in [0.15, 0.2) is 0 Å². The monoisotopic (exact) mass is 198 g/mol. The molecule has 86 valence electrons. The van der Waals surface area contributed by atoms with Gasteiger partial charge in [-0.2, -0.15) is 0 Å². The van der Waals surface area contributed by atoms with Gasteiger partial charge in [0, 0.05) is 0 Å². The molecule has 0 aromatic heterocycles. The molecule has 0 amide bonds. The first-order chi connectivity index (χ1) is 6.34. The van der Waals surface area contributed by atoms with Gasteiger partial charge in [0.15, 0.2) is 0 Å². The van der Waals surface area contributed by atoms with E-state index in [4.69, 9.17) is 0 Å². The van der Waals surface area contributed by atoms with E-state index in [-0.39, 0.29) is 0 Å². The van der Waals surface area contributed by atoms with Crippen LogP contribution in [0.25, 0.3) is 0 Å². The minimum Gasteiger partial charge on any atom is -0.0651 e. The van der Waals surface area contributed by atoms with E-state index in [1.807, 2.05) is 0 Å². The van der Waals surface area contributed by atoms with Gasteiger partial charge in [0.05, 0.1) is 0 Å². The van der Waals surface area contributed by atoms with E-state index >= 15 is 0 Å². The second kappa shape index (κ2) is 5.78. The topological polar surface area (TPSA) is 0 Å². The van der Waals surface area contributed by atoms with E-state index in [2.05, 4.69) is 48.5 Å². The van der Waals surface area contributed by atoms with Gasteiger partial charge in [-0.1, -0.05) is 61.3 Å². The minimum absolute atomic E-state index is 0.529. The molecule has 0 N–H and O–H groups in total. The molecule has 2 unspecified atom stereocenters. The van der Waals surface area contributed by atoms with Crippen LogP contribution in [-0.2, 0) is 0 Å². The van der Waals surface area contributed by atoms with Gasteiger partial charge in [0.2, 0.25) is 0 Å². The fourth-order valence-corrected chi connectivity index (χ4v) is 2.70. The van der Waals surface area contributed by atoms with Crippen molar-refractivity contribution in [2.45, 2.75) is 67.7 Å². The van der Waals surface area contributed by atoms with Crippen LogP contribution < -0.4 is 0 Å². The van der Waals surface area contributed by atoms with Gasteiger partial charge >= 0.3 is 0 Å². The molecule has 0 aliphatic rings. The highest BCUT2D eigenvalue weighted by Crippen LogP contribution is 2.35. The minimum atomic E-state index is 0.529. The third-order valence-electron chi connectivity index (χ3n) is 3.89. The predicted molar refractivity (Wildman–Crippen MR) is 66.5 cm³/mol. The second-order valence-electron chi connectivity index (χ2n) is 6.02. The van der Waals surface area contributed by atoms with Gasteiger partial charge in [-0.05, 0) is 29.6 Å². The second-order valence-corrected chi connectivity index (χ2v) is 6.02. The summed E-state index contributed by atoms with van der Waals surface area (Å²) in [7, 11) is 0. The average molecular weight is 198 g/mol. The molecule has 0 aromatic carbocycles. The third-order valence-corrected chi connectivity index (χ3v) is 3.89. The van der Waals surface area contributed by atoms with E-state index < -0.39 is 0 Å². The Kier molecular flexibility index (Phi) is 5.78. The lowest BCUT2D eigenvalue weighted by molar-refractivity contribution is 0.176. The first-order valence-electron chi connectivity index (χ1n) is 6.34. The van der Waals surface area contributed by atoms with E-state index in [0.29, 0.717) is 5.41 Å². The molecule has 0 saturated heterocycles. The molecule has 0 heteroatoms. The number of hydrogen-bond donors (Lipinski definition) is 0. The first-order valence-corrected chi connectivity index (χ1v) is 6.34. The SMILES string of the molecule is CCC(C(C)C)C(C)CC(C)(C)CC. The highest BCUT2D eigenvalue weighted by atomic mass is 14.3. The predicted octanol–water partition coefficient (Wildman–Crippen LogP) is 5.13. The summed E-state index contributed by atoms with van der Waals surface area (Å²) >= 11 is 0. The summed E-state index contributed by atoms with van der Waals surface area (Å²) in [6, 6.07) is 0. The molecule has 0 spiro atoms. The molecule has 0 radical (unpaired) electrons. The molecule has 0 bridgehead atoms. The Morgan fingerprint density at radius 3 is 1.79 bits per heavy atom. The molecule has 0 aromatic rings. The van der Waals surface area contributed by atoms with Crippen molar-refractivity contribution in [3.63, 3.8) is 0 Å². The molecule has 2 atom stereocenters. The molecular formula is C14H30. The zero-order valence-corrected chi connectivity index (χ0v) is 11.4. The van der Waals surface area contributed by atoms with Crippen LogP contribution in [0.5, 0.6) is 0 Å². The van der Waals surface area contributed by atoms with Crippen LogP contribution in [-0.4, -0.2) is 0 Å². The molecular weight excluding hydrogens is 168 g/mol. The van der Waals surface area contributed by atoms with E-state index in [0.717, 1.165) is 17.8 Å². The Bertz CT molecular complexity index is 144. The van der Waals surface area contributed by atoms with Gasteiger partial charge in [-0.3, -0.25) is 0 Å². The standard InChI is InChI=1S/C14H30/c1-8-13(11(3)4)12(5)10-14(6,7)9-2/h11-13H,8-10H2,1-7H3. The third kappa shape index (κ3) is 4.48. The van der Waals surface area contributed by atoms with Gasteiger partial charge in [-0.15, -0.1) is 0 Å². The Labute approximate surface area is 91.5 Å². The van der Waals surface area contributed by atoms with Crippen molar-refractivity contribution >= 4 is 0 Å². The van der Waals surface area contributed by atoms with Gasteiger partial charge in [0.1, 0.15) is 0 Å². The average Bonchev–Trinajstić information content (AvgIpc) is 2.03. The molecule has 0 aliphatic heterocycles. The lowest BCUT2D eigenvalue weighted by Crippen LogP contribution is -2.23. The van der Waals surface area contributed by atoms with Crippen LogP contribution in [0.1, 0.15) is 67.7 Å². The van der Waals surface area contributed by atoms with Gasteiger partial charge in [0.25, 0.3) is 0 Å². The zero-order valence-electron chi connectivity index (χ0n) is 11.4. The van der Waals surface area contributed by atoms with Crippen molar-refractivity contribution in [2.24, 2.45) is 23.2 Å². The molecule has 0 saturated carbocycles. The zero-order chi connectivity index (χ0) is 11.4. The van der Waals surface area contributed by atoms with Crippen molar-refractivity contribution in [2.75, 3.05) is 0 Å². The van der Waals surface area contributed by atoms with Crippen LogP contribution in [0.2, 0.25) is 0 Å². The molecule has 14 heavy (non-hydrogen) atoms. The molecule has 0 nitrogen and oxygen atoms in total. The van der Waals surface area contributed by atoms with Crippen LogP contribution in [0, 0.1) is 23.2 Å². The maximum atomic E-state index is 2.44. The van der Waals surface area contributed by atoms with E-state index in [1.165, 1.54) is 19.3 Å². The van der Waals surface area contributed by atoms with Crippen LogP contribution in [0.4, 0.5) is 0 Å². The summed E-state index contributed by atoms with van der Waals surface area (Å²) in [5, 5.41) is 0. The van der Waals surface area contributed by atoms with Crippen LogP contribution >= 0.6 is 0 Å². The largest absolute Gasteiger partial charge is 0.0651 e. The van der Waals surface area contributed by atoms with Gasteiger partial charge in [-0.25, -0.2) is 0 Å². The fraction of sp³-hybridized carbons (Fsp3) is 1.00. The lowest BCUT2D eigenvalue weighted by Gasteiger charge is -2.33. The summed E-state index contributed by atoms with van der Waals surface area (Å²) in [6.45, 7) is 16.6. The molecule has 0 heterocycles. The normalized spacial score (nSPS) is 17.1.